The zero-order valence-corrected chi connectivity index (χ0v) is 46.7. The number of furan rings is 1. The fourth-order valence-electron chi connectivity index (χ4n) is 11.9. The predicted molar refractivity (Wildman–Crippen MR) is 327 cm³/mol. The van der Waals surface area contributed by atoms with Crippen LogP contribution in [0.1, 0.15) is 111 Å². The molecule has 3 heterocycles. The monoisotopic (exact) mass is 992 g/mol. The molecule has 1 aromatic heterocycles. The molecule has 4 nitrogen and oxygen atoms in total. The maximum Gasteiger partial charge on any atom is 0.252 e. The summed E-state index contributed by atoms with van der Waals surface area (Å²) in [6, 6.07) is 71.2. The number of aryl methyl sites for hydroxylation is 1. The van der Waals surface area contributed by atoms with Gasteiger partial charge in [-0.05, 0) is 163 Å². The van der Waals surface area contributed by atoms with Crippen LogP contribution in [0.4, 0.5) is 51.2 Å². The Morgan fingerprint density at radius 2 is 0.921 bits per heavy atom. The molecule has 0 saturated heterocycles. The van der Waals surface area contributed by atoms with Gasteiger partial charge in [-0.1, -0.05) is 186 Å². The minimum Gasteiger partial charge on any atom is -0.455 e. The summed E-state index contributed by atoms with van der Waals surface area (Å²) in [5, 5.41) is 2.25. The van der Waals surface area contributed by atoms with Crippen molar-refractivity contribution in [3.63, 3.8) is 0 Å². The number of anilines is 9. The highest BCUT2D eigenvalue weighted by Gasteiger charge is 2.44. The Bertz CT molecular complexity index is 3820. The van der Waals surface area contributed by atoms with Gasteiger partial charge in [0.1, 0.15) is 11.2 Å². The normalized spacial score (nSPS) is 13.5. The smallest absolute Gasteiger partial charge is 0.252 e. The Labute approximate surface area is 451 Å². The molecule has 2 aliphatic heterocycles. The van der Waals surface area contributed by atoms with Gasteiger partial charge in [0.15, 0.2) is 0 Å². The average molecular weight is 992 g/mol. The molecule has 0 aliphatic carbocycles. The van der Waals surface area contributed by atoms with Crippen LogP contribution in [0.3, 0.4) is 0 Å². The number of fused-ring (bicyclic) bond motifs is 7. The van der Waals surface area contributed by atoms with Gasteiger partial charge in [-0.3, -0.25) is 0 Å². The number of hydrogen-bond donors (Lipinski definition) is 0. The van der Waals surface area contributed by atoms with Crippen molar-refractivity contribution in [1.82, 2.24) is 0 Å². The van der Waals surface area contributed by atoms with Crippen molar-refractivity contribution in [2.24, 2.45) is 0 Å². The van der Waals surface area contributed by atoms with Gasteiger partial charge in [0.2, 0.25) is 0 Å². The van der Waals surface area contributed by atoms with Crippen LogP contribution in [-0.4, -0.2) is 6.71 Å². The van der Waals surface area contributed by atoms with Crippen LogP contribution in [0.25, 0.3) is 33.1 Å². The first-order valence-electron chi connectivity index (χ1n) is 27.3. The molecule has 378 valence electrons. The Morgan fingerprint density at radius 1 is 0.395 bits per heavy atom. The SMILES string of the molecule is Cc1cc2c3c(c1)N(c1cccc(-c4cccc5c4oc4ccccc45)c1)c1cc(N(c4ccc(C(C)(C)C)cc4)c4ccc(C(C)(C)C)cc4)ccc1B3c1cc(C(C)(C)C)ccc1N2c1ccc(C(C)(C)C)cc1. The van der Waals surface area contributed by atoms with Crippen LogP contribution in [0, 0.1) is 6.92 Å². The van der Waals surface area contributed by atoms with Crippen molar-refractivity contribution in [2.45, 2.75) is 112 Å². The summed E-state index contributed by atoms with van der Waals surface area (Å²) in [5.74, 6) is 0. The summed E-state index contributed by atoms with van der Waals surface area (Å²) in [6.45, 7) is 29.8. The van der Waals surface area contributed by atoms with Gasteiger partial charge in [-0.15, -0.1) is 0 Å². The number of para-hydroxylation sites is 2. The van der Waals surface area contributed by atoms with Crippen molar-refractivity contribution in [3.05, 3.63) is 216 Å². The van der Waals surface area contributed by atoms with Gasteiger partial charge in [0, 0.05) is 67.5 Å². The molecule has 10 aromatic rings. The average Bonchev–Trinajstić information content (AvgIpc) is 3.80. The van der Waals surface area contributed by atoms with Gasteiger partial charge in [0.05, 0.1) is 0 Å². The van der Waals surface area contributed by atoms with E-state index in [1.165, 1.54) is 61.3 Å². The van der Waals surface area contributed by atoms with Crippen molar-refractivity contribution < 1.29 is 4.42 Å². The fraction of sp³-hybridized carbons (Fsp3) is 0.239. The highest BCUT2D eigenvalue weighted by Crippen LogP contribution is 2.48. The van der Waals surface area contributed by atoms with E-state index in [1.54, 1.807) is 0 Å². The molecule has 2 aliphatic rings. The maximum atomic E-state index is 6.70. The Kier molecular flexibility index (Phi) is 11.4. The minimum absolute atomic E-state index is 0.0213. The van der Waals surface area contributed by atoms with E-state index in [2.05, 4.69) is 293 Å². The Balaban J connectivity index is 1.13. The lowest BCUT2D eigenvalue weighted by Crippen LogP contribution is -2.61. The van der Waals surface area contributed by atoms with Gasteiger partial charge in [-0.25, -0.2) is 0 Å². The summed E-state index contributed by atoms with van der Waals surface area (Å²) in [5.41, 5.74) is 24.7. The molecule has 76 heavy (non-hydrogen) atoms. The van der Waals surface area contributed by atoms with Crippen molar-refractivity contribution >= 4 is 96.2 Å². The Hall–Kier alpha value is -7.76. The lowest BCUT2D eigenvalue weighted by atomic mass is 9.33. The maximum absolute atomic E-state index is 6.70. The summed E-state index contributed by atoms with van der Waals surface area (Å²) >= 11 is 0. The second-order valence-corrected chi connectivity index (χ2v) is 25.6. The molecule has 0 atom stereocenters. The molecule has 0 spiro atoms. The summed E-state index contributed by atoms with van der Waals surface area (Å²) < 4.78 is 6.70. The van der Waals surface area contributed by atoms with Crippen LogP contribution in [0.2, 0.25) is 0 Å². The van der Waals surface area contributed by atoms with Gasteiger partial charge in [0.25, 0.3) is 6.71 Å². The zero-order chi connectivity index (χ0) is 53.2. The van der Waals surface area contributed by atoms with E-state index in [4.69, 9.17) is 4.42 Å². The molecule has 5 heteroatoms. The largest absolute Gasteiger partial charge is 0.455 e. The second-order valence-electron chi connectivity index (χ2n) is 25.6. The van der Waals surface area contributed by atoms with Crippen LogP contribution >= 0.6 is 0 Å². The molecule has 0 radical (unpaired) electrons. The molecular weight excluding hydrogens is 922 g/mol. The minimum atomic E-state index is -0.0628. The van der Waals surface area contributed by atoms with Gasteiger partial charge < -0.3 is 19.1 Å². The van der Waals surface area contributed by atoms with E-state index in [0.29, 0.717) is 0 Å². The first-order valence-corrected chi connectivity index (χ1v) is 27.3. The second kappa shape index (κ2) is 17.7. The lowest BCUT2D eigenvalue weighted by molar-refractivity contribution is 0.590. The van der Waals surface area contributed by atoms with E-state index in [9.17, 15) is 0 Å². The summed E-state index contributed by atoms with van der Waals surface area (Å²) in [7, 11) is 0. The molecule has 0 fully saturated rings. The van der Waals surface area contributed by atoms with E-state index in [-0.39, 0.29) is 28.4 Å². The molecule has 0 bridgehead atoms. The summed E-state index contributed by atoms with van der Waals surface area (Å²) in [4.78, 5) is 7.55. The van der Waals surface area contributed by atoms with Crippen molar-refractivity contribution in [1.29, 1.82) is 0 Å². The fourth-order valence-corrected chi connectivity index (χ4v) is 11.9. The molecular formula is C71H70BN3O. The topological polar surface area (TPSA) is 22.9 Å². The van der Waals surface area contributed by atoms with Crippen LogP contribution in [-0.2, 0) is 21.7 Å². The summed E-state index contributed by atoms with van der Waals surface area (Å²) in [6.07, 6.45) is 0. The Morgan fingerprint density at radius 3 is 1.53 bits per heavy atom. The molecule has 0 unspecified atom stereocenters. The quantitative estimate of drug-likeness (QED) is 0.155. The van der Waals surface area contributed by atoms with Gasteiger partial charge in [-0.2, -0.15) is 0 Å². The zero-order valence-electron chi connectivity index (χ0n) is 46.7. The van der Waals surface area contributed by atoms with Crippen molar-refractivity contribution in [2.75, 3.05) is 14.7 Å². The van der Waals surface area contributed by atoms with Crippen LogP contribution in [0.15, 0.2) is 192 Å². The number of hydrogen-bond acceptors (Lipinski definition) is 4. The molecule has 0 N–H and O–H groups in total. The lowest BCUT2D eigenvalue weighted by Gasteiger charge is -2.45. The van der Waals surface area contributed by atoms with E-state index < -0.39 is 0 Å². The predicted octanol–water partition coefficient (Wildman–Crippen LogP) is 18.3. The molecule has 9 aromatic carbocycles. The molecule has 0 amide bonds. The highest BCUT2D eigenvalue weighted by molar-refractivity contribution is 7.00. The molecule has 0 saturated carbocycles. The van der Waals surface area contributed by atoms with E-state index >= 15 is 0 Å². The highest BCUT2D eigenvalue weighted by atomic mass is 16.3. The third-order valence-electron chi connectivity index (χ3n) is 16.1. The number of nitrogens with zero attached hydrogens (tertiary/aromatic N) is 3. The number of rotatable bonds is 6. The molecule has 12 rings (SSSR count). The first-order chi connectivity index (χ1) is 36.1. The van der Waals surface area contributed by atoms with Crippen LogP contribution in [0.5, 0.6) is 0 Å². The van der Waals surface area contributed by atoms with Crippen LogP contribution < -0.4 is 31.1 Å². The van der Waals surface area contributed by atoms with Gasteiger partial charge >= 0.3 is 0 Å². The van der Waals surface area contributed by atoms with E-state index in [1.807, 2.05) is 0 Å². The number of benzene rings is 9. The third-order valence-corrected chi connectivity index (χ3v) is 16.1. The van der Waals surface area contributed by atoms with Crippen molar-refractivity contribution in [3.8, 4) is 11.1 Å². The van der Waals surface area contributed by atoms with E-state index in [0.717, 1.165) is 67.2 Å². The third kappa shape index (κ3) is 8.40. The standard InChI is InChI=1S/C71H70BN3O/c1-45-40-63-66-64(41-45)75(54-19-16-18-46(42-54)56-21-17-22-58-57-20-14-15-23-65(57)76-67(56)58)62-44-55(73(51-31-24-47(25-32-51)68(2,3)4)52-33-26-48(27-34-52)69(5,6)7)37-38-59(62)72(66)60-43-50(71(11,12)13)30-39-61(60)74(63)53-35-28-49(29-36-53)70(8,9)10/h14-44H,1-13H3. The first kappa shape index (κ1) is 49.1.